The van der Waals surface area contributed by atoms with Gasteiger partial charge >= 0.3 is 6.18 Å². The van der Waals surface area contributed by atoms with Crippen molar-refractivity contribution >= 4 is 5.91 Å². The molecule has 0 atom stereocenters. The van der Waals surface area contributed by atoms with E-state index in [9.17, 15) is 22.4 Å². The molecule has 1 N–H and O–H groups in total. The number of pyridine rings is 1. The molecule has 1 amide bonds. The van der Waals surface area contributed by atoms with E-state index < -0.39 is 18.7 Å². The Balaban J connectivity index is 1.16. The van der Waals surface area contributed by atoms with Crippen LogP contribution in [0.2, 0.25) is 0 Å². The number of amides is 1. The third-order valence-electron chi connectivity index (χ3n) is 7.14. The zero-order valence-corrected chi connectivity index (χ0v) is 20.5. The molecule has 198 valence electrons. The van der Waals surface area contributed by atoms with Gasteiger partial charge in [-0.25, -0.2) is 9.67 Å². The topological polar surface area (TPSA) is 72.3 Å². The number of nitrogens with one attached hydrogen (secondary N) is 1. The van der Waals surface area contributed by atoms with Crippen LogP contribution in [0.1, 0.15) is 48.9 Å². The van der Waals surface area contributed by atoms with Gasteiger partial charge in [-0.1, -0.05) is 6.07 Å². The molecule has 2 aromatic heterocycles. The van der Waals surface area contributed by atoms with Crippen molar-refractivity contribution in [3.63, 3.8) is 0 Å². The van der Waals surface area contributed by atoms with Crippen molar-refractivity contribution in [2.75, 3.05) is 26.2 Å². The Morgan fingerprint density at radius 2 is 1.92 bits per heavy atom. The van der Waals surface area contributed by atoms with Gasteiger partial charge in [0.1, 0.15) is 0 Å². The van der Waals surface area contributed by atoms with Crippen LogP contribution in [0.4, 0.5) is 17.6 Å². The molecule has 11 heteroatoms. The van der Waals surface area contributed by atoms with E-state index in [2.05, 4.69) is 20.3 Å². The van der Waals surface area contributed by atoms with Crippen molar-refractivity contribution in [2.45, 2.75) is 63.6 Å². The summed E-state index contributed by atoms with van der Waals surface area (Å²) in [6, 6.07) is 3.47. The van der Waals surface area contributed by atoms with Crippen molar-refractivity contribution in [1.82, 2.24) is 25.0 Å². The zero-order chi connectivity index (χ0) is 25.7. The Labute approximate surface area is 208 Å². The minimum Gasteiger partial charge on any atom is -0.468 e. The van der Waals surface area contributed by atoms with Crippen molar-refractivity contribution in [3.05, 3.63) is 41.1 Å². The maximum atomic E-state index is 13.9. The lowest BCUT2D eigenvalue weighted by atomic mass is 9.84. The van der Waals surface area contributed by atoms with Gasteiger partial charge in [0.05, 0.1) is 12.6 Å². The van der Waals surface area contributed by atoms with Gasteiger partial charge in [-0.2, -0.15) is 22.7 Å². The maximum absolute atomic E-state index is 13.9. The second-order valence-corrected chi connectivity index (χ2v) is 9.84. The van der Waals surface area contributed by atoms with E-state index in [0.29, 0.717) is 17.9 Å². The highest BCUT2D eigenvalue weighted by Gasteiger charge is 2.29. The minimum absolute atomic E-state index is 0.00174. The van der Waals surface area contributed by atoms with E-state index in [1.165, 1.54) is 19.3 Å². The molecule has 0 radical (unpaired) electrons. The number of rotatable bonds is 8. The van der Waals surface area contributed by atoms with Crippen LogP contribution in [0, 0.1) is 11.9 Å². The zero-order valence-electron chi connectivity index (χ0n) is 20.5. The Kier molecular flexibility index (Phi) is 8.48. The number of carbonyl (C=O) groups excluding carboxylic acids is 1. The van der Waals surface area contributed by atoms with Crippen LogP contribution in [0.25, 0.3) is 0 Å². The van der Waals surface area contributed by atoms with Crippen LogP contribution in [0.3, 0.4) is 0 Å². The molecule has 1 fully saturated rings. The smallest absolute Gasteiger partial charge is 0.422 e. The highest BCUT2D eigenvalue weighted by atomic mass is 19.4. The first-order chi connectivity index (χ1) is 17.2. The van der Waals surface area contributed by atoms with Crippen molar-refractivity contribution < 1.29 is 27.1 Å². The highest BCUT2D eigenvalue weighted by Crippen LogP contribution is 2.28. The molecule has 1 aliphatic carbocycles. The first kappa shape index (κ1) is 26.4. The molecule has 2 aromatic rings. The summed E-state index contributed by atoms with van der Waals surface area (Å²) in [4.78, 5) is 19.0. The number of aryl methyl sites for hydroxylation is 1. The summed E-state index contributed by atoms with van der Waals surface area (Å²) in [5.41, 5.74) is 2.20. The first-order valence-electron chi connectivity index (χ1n) is 12.5. The summed E-state index contributed by atoms with van der Waals surface area (Å²) in [6.07, 6.45) is 3.52. The summed E-state index contributed by atoms with van der Waals surface area (Å²) in [5.74, 6) is -0.0273. The third kappa shape index (κ3) is 7.41. The number of ether oxygens (including phenoxy) is 1. The quantitative estimate of drug-likeness (QED) is 0.549. The summed E-state index contributed by atoms with van der Waals surface area (Å²) >= 11 is 0. The third-order valence-corrected chi connectivity index (χ3v) is 7.14. The monoisotopic (exact) mass is 511 g/mol. The molecule has 0 spiro atoms. The van der Waals surface area contributed by atoms with Gasteiger partial charge in [-0.15, -0.1) is 0 Å². The summed E-state index contributed by atoms with van der Waals surface area (Å²) < 4.78 is 57.0. The Hall–Kier alpha value is -2.69. The Bertz CT molecular complexity index is 1030. The molecule has 7 nitrogen and oxygen atoms in total. The van der Waals surface area contributed by atoms with E-state index in [1.54, 1.807) is 0 Å². The van der Waals surface area contributed by atoms with E-state index in [4.69, 9.17) is 4.74 Å². The molecule has 2 aliphatic rings. The first-order valence-corrected chi connectivity index (χ1v) is 12.5. The fourth-order valence-corrected chi connectivity index (χ4v) is 5.07. The van der Waals surface area contributed by atoms with Crippen molar-refractivity contribution in [2.24, 2.45) is 13.0 Å². The average Bonchev–Trinajstić information content (AvgIpc) is 3.03. The van der Waals surface area contributed by atoms with Crippen LogP contribution in [-0.4, -0.2) is 64.0 Å². The van der Waals surface area contributed by atoms with Crippen LogP contribution in [0.15, 0.2) is 18.3 Å². The second-order valence-electron chi connectivity index (χ2n) is 9.84. The number of hydrogen-bond donors (Lipinski definition) is 1. The lowest BCUT2D eigenvalue weighted by Crippen LogP contribution is -2.39. The number of carbonyl (C=O) groups is 1. The molecule has 0 aromatic carbocycles. The molecular formula is C25H33F4N5O2. The largest absolute Gasteiger partial charge is 0.468 e. The van der Waals surface area contributed by atoms with E-state index in [-0.39, 0.29) is 24.2 Å². The van der Waals surface area contributed by atoms with Crippen molar-refractivity contribution in [3.8, 4) is 5.88 Å². The summed E-state index contributed by atoms with van der Waals surface area (Å²) in [6.45, 7) is 1.35. The van der Waals surface area contributed by atoms with Crippen LogP contribution in [-0.2, 0) is 31.1 Å². The summed E-state index contributed by atoms with van der Waals surface area (Å²) in [7, 11) is 1.51. The van der Waals surface area contributed by atoms with Gasteiger partial charge in [0.2, 0.25) is 17.7 Å². The fraction of sp³-hybridized carbons (Fsp3) is 0.640. The lowest BCUT2D eigenvalue weighted by molar-refractivity contribution is -0.154. The van der Waals surface area contributed by atoms with Gasteiger partial charge in [0.15, 0.2) is 6.61 Å². The Morgan fingerprint density at radius 1 is 1.17 bits per heavy atom. The van der Waals surface area contributed by atoms with Gasteiger partial charge in [-0.3, -0.25) is 4.79 Å². The normalized spacial score (nSPS) is 21.0. The molecular weight excluding hydrogens is 478 g/mol. The lowest BCUT2D eigenvalue weighted by Gasteiger charge is -2.30. The molecule has 1 aliphatic heterocycles. The molecule has 0 unspecified atom stereocenters. The molecule has 36 heavy (non-hydrogen) atoms. The van der Waals surface area contributed by atoms with E-state index >= 15 is 0 Å². The molecule has 3 heterocycles. The van der Waals surface area contributed by atoms with E-state index in [0.717, 1.165) is 74.1 Å². The molecule has 1 saturated carbocycles. The Morgan fingerprint density at radius 3 is 2.61 bits per heavy atom. The van der Waals surface area contributed by atoms with Gasteiger partial charge in [0, 0.05) is 49.9 Å². The van der Waals surface area contributed by atoms with Crippen LogP contribution in [0.5, 0.6) is 5.88 Å². The fourth-order valence-electron chi connectivity index (χ4n) is 5.07. The average molecular weight is 512 g/mol. The van der Waals surface area contributed by atoms with Gasteiger partial charge < -0.3 is 15.0 Å². The predicted molar refractivity (Wildman–Crippen MR) is 125 cm³/mol. The number of nitrogens with zero attached hydrogens (tertiary/aromatic N) is 4. The SMILES string of the molecule is Cn1ncc(CC(=O)NC2CCC(CCN3CCc4ccc(OCC(F)(F)F)nc4CC3)CC2)c1F. The number of fused-ring (bicyclic) bond motifs is 1. The van der Waals surface area contributed by atoms with Gasteiger partial charge in [0.25, 0.3) is 0 Å². The highest BCUT2D eigenvalue weighted by molar-refractivity contribution is 5.78. The predicted octanol–water partition coefficient (Wildman–Crippen LogP) is 3.60. The van der Waals surface area contributed by atoms with E-state index in [1.807, 2.05) is 6.07 Å². The van der Waals surface area contributed by atoms with Crippen LogP contribution >= 0.6 is 0 Å². The maximum Gasteiger partial charge on any atom is 0.422 e. The molecule has 0 bridgehead atoms. The molecule has 0 saturated heterocycles. The second kappa shape index (κ2) is 11.6. The number of halogens is 4. The number of aromatic nitrogens is 3. The number of hydrogen-bond acceptors (Lipinski definition) is 5. The van der Waals surface area contributed by atoms with Crippen LogP contribution < -0.4 is 10.1 Å². The number of alkyl halides is 3. The van der Waals surface area contributed by atoms with Gasteiger partial charge in [-0.05, 0) is 56.6 Å². The standard InChI is InChI=1S/C25H33F4N5O2/c1-33-24(26)19(15-30-33)14-22(35)31-20-5-2-17(3-6-20)8-11-34-12-9-18-4-7-23(32-21(18)10-13-34)36-16-25(27,28)29/h4,7,15,17,20H,2-3,5-6,8-14,16H2,1H3,(H,31,35). The minimum atomic E-state index is -4.38. The summed E-state index contributed by atoms with van der Waals surface area (Å²) in [5, 5.41) is 6.87. The molecule has 4 rings (SSSR count). The van der Waals surface area contributed by atoms with Crippen molar-refractivity contribution in [1.29, 1.82) is 0 Å².